The van der Waals surface area contributed by atoms with E-state index in [2.05, 4.69) is 15.2 Å². The van der Waals surface area contributed by atoms with Crippen LogP contribution >= 0.6 is 11.3 Å². The molecule has 3 heterocycles. The lowest BCUT2D eigenvalue weighted by atomic mass is 10.2. The van der Waals surface area contributed by atoms with E-state index < -0.39 is 5.69 Å². The Bertz CT molecular complexity index is 1210. The van der Waals surface area contributed by atoms with E-state index in [1.54, 1.807) is 7.11 Å². The van der Waals surface area contributed by atoms with Crippen LogP contribution in [0.25, 0.3) is 10.3 Å². The van der Waals surface area contributed by atoms with Crippen LogP contribution in [0.4, 0.5) is 5.13 Å². The summed E-state index contributed by atoms with van der Waals surface area (Å²) >= 11 is 1.28. The Morgan fingerprint density at radius 2 is 2.03 bits per heavy atom. The molecule has 0 bridgehead atoms. The first-order valence-electron chi connectivity index (χ1n) is 9.73. The maximum Gasteiger partial charge on any atom is 0.332 e. The molecule has 1 fully saturated rings. The molecular formula is C20H23N5O4S. The van der Waals surface area contributed by atoms with Crippen LogP contribution in [0.5, 0.6) is 5.75 Å². The molecule has 3 aromatic rings. The van der Waals surface area contributed by atoms with Crippen LogP contribution in [0, 0.1) is 0 Å². The number of hydrogen-bond donors (Lipinski definition) is 1. The fourth-order valence-corrected chi connectivity index (χ4v) is 4.60. The van der Waals surface area contributed by atoms with E-state index in [0.29, 0.717) is 17.0 Å². The predicted octanol–water partition coefficient (Wildman–Crippen LogP) is 1.08. The Balaban J connectivity index is 1.60. The summed E-state index contributed by atoms with van der Waals surface area (Å²) in [5.74, 6) is 0.366. The summed E-state index contributed by atoms with van der Waals surface area (Å²) in [4.78, 5) is 44.5. The van der Waals surface area contributed by atoms with Crippen molar-refractivity contribution in [3.8, 4) is 5.75 Å². The quantitative estimate of drug-likeness (QED) is 0.630. The Kier molecular flexibility index (Phi) is 5.58. The standard InChI is InChI=1S/C20H23N5O4S/c1-23-18(27)16-17(22-19(30-16)24-8-3-4-9-24)25(20(23)28)12-15(26)21-11-13-6-5-7-14(10-13)29-2/h5-7,10H,3-4,8-9,11-12H2,1-2H3,(H,21,26). The largest absolute Gasteiger partial charge is 0.497 e. The average molecular weight is 430 g/mol. The normalized spacial score (nSPS) is 13.7. The molecule has 0 aliphatic carbocycles. The number of carbonyl (C=O) groups excluding carboxylic acids is 1. The van der Waals surface area contributed by atoms with E-state index in [0.717, 1.165) is 41.2 Å². The summed E-state index contributed by atoms with van der Waals surface area (Å²) in [6, 6.07) is 7.38. The van der Waals surface area contributed by atoms with Gasteiger partial charge in [0, 0.05) is 26.7 Å². The van der Waals surface area contributed by atoms with Gasteiger partial charge in [-0.3, -0.25) is 18.7 Å². The molecule has 10 heteroatoms. The first-order chi connectivity index (χ1) is 14.5. The number of hydrogen-bond acceptors (Lipinski definition) is 7. The fourth-order valence-electron chi connectivity index (χ4n) is 3.50. The van der Waals surface area contributed by atoms with Crippen molar-refractivity contribution in [2.75, 3.05) is 25.1 Å². The molecule has 30 heavy (non-hydrogen) atoms. The molecule has 1 N–H and O–H groups in total. The fraction of sp³-hybridized carbons (Fsp3) is 0.400. The lowest BCUT2D eigenvalue weighted by Crippen LogP contribution is -2.41. The van der Waals surface area contributed by atoms with E-state index in [4.69, 9.17) is 4.74 Å². The van der Waals surface area contributed by atoms with Gasteiger partial charge in [-0.05, 0) is 30.5 Å². The van der Waals surface area contributed by atoms with Gasteiger partial charge in [-0.2, -0.15) is 0 Å². The number of aromatic nitrogens is 3. The van der Waals surface area contributed by atoms with Gasteiger partial charge in [0.25, 0.3) is 5.56 Å². The zero-order valence-corrected chi connectivity index (χ0v) is 17.7. The number of nitrogens with one attached hydrogen (secondary N) is 1. The number of thiazole rings is 1. The van der Waals surface area contributed by atoms with Crippen LogP contribution in [0.2, 0.25) is 0 Å². The van der Waals surface area contributed by atoms with Crippen molar-refractivity contribution >= 4 is 32.7 Å². The Labute approximate surface area is 176 Å². The molecule has 0 spiro atoms. The minimum atomic E-state index is -0.553. The third-order valence-corrected chi connectivity index (χ3v) is 6.27. The van der Waals surface area contributed by atoms with Crippen molar-refractivity contribution in [2.24, 2.45) is 7.05 Å². The topological polar surface area (TPSA) is 98.5 Å². The Hall–Kier alpha value is -3.14. The van der Waals surface area contributed by atoms with Crippen LogP contribution < -0.4 is 26.2 Å². The molecule has 1 amide bonds. The highest BCUT2D eigenvalue weighted by atomic mass is 32.1. The zero-order chi connectivity index (χ0) is 21.3. The molecule has 2 aromatic heterocycles. The summed E-state index contributed by atoms with van der Waals surface area (Å²) in [5, 5.41) is 3.53. The highest BCUT2D eigenvalue weighted by molar-refractivity contribution is 7.22. The lowest BCUT2D eigenvalue weighted by molar-refractivity contribution is -0.121. The SMILES string of the molecule is COc1cccc(CNC(=O)Cn2c(=O)n(C)c(=O)c3sc(N4CCCC4)nc32)c1. The van der Waals surface area contributed by atoms with Crippen LogP contribution in [0.3, 0.4) is 0 Å². The predicted molar refractivity (Wildman–Crippen MR) is 115 cm³/mol. The van der Waals surface area contributed by atoms with Crippen molar-refractivity contribution in [2.45, 2.75) is 25.9 Å². The van der Waals surface area contributed by atoms with Crippen molar-refractivity contribution < 1.29 is 9.53 Å². The number of rotatable bonds is 6. The number of amides is 1. The zero-order valence-electron chi connectivity index (χ0n) is 16.9. The average Bonchev–Trinajstić information content (AvgIpc) is 3.44. The number of benzene rings is 1. The third-order valence-electron chi connectivity index (χ3n) is 5.17. The van der Waals surface area contributed by atoms with Gasteiger partial charge in [0.2, 0.25) is 5.91 Å². The molecule has 158 valence electrons. The summed E-state index contributed by atoms with van der Waals surface area (Å²) in [6.07, 6.45) is 2.15. The van der Waals surface area contributed by atoms with Crippen molar-refractivity contribution in [3.05, 3.63) is 50.7 Å². The number of anilines is 1. The molecule has 1 aliphatic heterocycles. The van der Waals surface area contributed by atoms with Gasteiger partial charge in [0.1, 0.15) is 17.0 Å². The third kappa shape index (κ3) is 3.82. The van der Waals surface area contributed by atoms with Crippen molar-refractivity contribution in [1.29, 1.82) is 0 Å². The van der Waals surface area contributed by atoms with Crippen LogP contribution in [0.15, 0.2) is 33.9 Å². The summed E-state index contributed by atoms with van der Waals surface area (Å²) in [5.41, 5.74) is 0.213. The van der Waals surface area contributed by atoms with Crippen LogP contribution in [-0.4, -0.2) is 40.2 Å². The number of carbonyl (C=O) groups is 1. The van der Waals surface area contributed by atoms with E-state index in [-0.39, 0.29) is 23.7 Å². The van der Waals surface area contributed by atoms with E-state index in [1.165, 1.54) is 23.0 Å². The minimum Gasteiger partial charge on any atom is -0.497 e. The molecular weight excluding hydrogens is 406 g/mol. The molecule has 4 rings (SSSR count). The van der Waals surface area contributed by atoms with Gasteiger partial charge in [-0.1, -0.05) is 23.5 Å². The number of methoxy groups -OCH3 is 1. The van der Waals surface area contributed by atoms with Crippen molar-refractivity contribution in [3.63, 3.8) is 0 Å². The maximum absolute atomic E-state index is 12.7. The maximum atomic E-state index is 12.7. The second-order valence-corrected chi connectivity index (χ2v) is 8.18. The minimum absolute atomic E-state index is 0.212. The monoisotopic (exact) mass is 429 g/mol. The number of nitrogens with zero attached hydrogens (tertiary/aromatic N) is 4. The second kappa shape index (κ2) is 8.31. The molecule has 0 radical (unpaired) electrons. The van der Waals surface area contributed by atoms with Gasteiger partial charge in [-0.15, -0.1) is 0 Å². The van der Waals surface area contributed by atoms with Gasteiger partial charge in [0.05, 0.1) is 7.11 Å². The van der Waals surface area contributed by atoms with E-state index >= 15 is 0 Å². The number of ether oxygens (including phenoxy) is 1. The Morgan fingerprint density at radius 1 is 1.27 bits per heavy atom. The van der Waals surface area contributed by atoms with Crippen LogP contribution in [0.1, 0.15) is 18.4 Å². The lowest BCUT2D eigenvalue weighted by Gasteiger charge is -2.12. The Morgan fingerprint density at radius 3 is 2.77 bits per heavy atom. The van der Waals surface area contributed by atoms with Crippen LogP contribution in [-0.2, 0) is 24.9 Å². The first-order valence-corrected chi connectivity index (χ1v) is 10.5. The molecule has 9 nitrogen and oxygen atoms in total. The molecule has 1 saturated heterocycles. The summed E-state index contributed by atoms with van der Waals surface area (Å²) < 4.78 is 7.88. The van der Waals surface area contributed by atoms with E-state index in [9.17, 15) is 14.4 Å². The van der Waals surface area contributed by atoms with Gasteiger partial charge in [-0.25, -0.2) is 9.78 Å². The summed E-state index contributed by atoms with van der Waals surface area (Å²) in [7, 11) is 3.00. The highest BCUT2D eigenvalue weighted by Gasteiger charge is 2.22. The second-order valence-electron chi connectivity index (χ2n) is 7.20. The van der Waals surface area contributed by atoms with E-state index in [1.807, 2.05) is 24.3 Å². The first kappa shape index (κ1) is 20.1. The van der Waals surface area contributed by atoms with Gasteiger partial charge < -0.3 is 15.0 Å². The number of fused-ring (bicyclic) bond motifs is 1. The molecule has 0 atom stereocenters. The summed E-state index contributed by atoms with van der Waals surface area (Å²) in [6.45, 7) is 1.85. The van der Waals surface area contributed by atoms with Crippen molar-refractivity contribution in [1.82, 2.24) is 19.4 Å². The van der Waals surface area contributed by atoms with Gasteiger partial charge in [0.15, 0.2) is 10.8 Å². The molecule has 0 saturated carbocycles. The smallest absolute Gasteiger partial charge is 0.332 e. The molecule has 1 aromatic carbocycles. The van der Waals surface area contributed by atoms with Gasteiger partial charge >= 0.3 is 5.69 Å². The molecule has 1 aliphatic rings. The molecule has 0 unspecified atom stereocenters. The highest BCUT2D eigenvalue weighted by Crippen LogP contribution is 2.28.